The molecule has 0 radical (unpaired) electrons. The molecule has 0 aliphatic rings. The molecule has 0 atom stereocenters. The van der Waals surface area contributed by atoms with Crippen LogP contribution in [0.4, 0.5) is 0 Å². The maximum absolute atomic E-state index is 9.18. The second kappa shape index (κ2) is 6.74. The first kappa shape index (κ1) is 13.3. The summed E-state index contributed by atoms with van der Waals surface area (Å²) in [6, 6.07) is 8.42. The summed E-state index contributed by atoms with van der Waals surface area (Å²) in [4.78, 5) is 12.5. The lowest BCUT2D eigenvalue weighted by Gasteiger charge is -2.00. The zero-order chi connectivity index (χ0) is 12.7. The standard InChI is InChI=1S/C11H13N.C3H6O2/c1-8(2)10-7-12-11-6-4-3-5-9(10)11;1-2-5-3-4/h3-8,12H,1-2H3;3H,2H2,1H3. The van der Waals surface area contributed by atoms with E-state index in [-0.39, 0.29) is 0 Å². The van der Waals surface area contributed by atoms with Gasteiger partial charge in [0.05, 0.1) is 6.61 Å². The van der Waals surface area contributed by atoms with Gasteiger partial charge in [0.15, 0.2) is 0 Å². The molecule has 1 N–H and O–H groups in total. The van der Waals surface area contributed by atoms with Gasteiger partial charge < -0.3 is 9.72 Å². The summed E-state index contributed by atoms with van der Waals surface area (Å²) < 4.78 is 4.15. The van der Waals surface area contributed by atoms with E-state index in [1.807, 2.05) is 0 Å². The van der Waals surface area contributed by atoms with Crippen molar-refractivity contribution in [3.8, 4) is 0 Å². The van der Waals surface area contributed by atoms with Gasteiger partial charge in [0.2, 0.25) is 0 Å². The van der Waals surface area contributed by atoms with Crippen LogP contribution >= 0.6 is 0 Å². The maximum atomic E-state index is 9.18. The lowest BCUT2D eigenvalue weighted by atomic mass is 10.0. The minimum Gasteiger partial charge on any atom is -0.468 e. The molecule has 0 spiro atoms. The molecule has 2 rings (SSSR count). The number of aromatic nitrogens is 1. The van der Waals surface area contributed by atoms with Gasteiger partial charge in [0.25, 0.3) is 6.47 Å². The molecule has 1 aromatic carbocycles. The molecule has 0 bridgehead atoms. The number of hydrogen-bond donors (Lipinski definition) is 1. The molecule has 3 heteroatoms. The van der Waals surface area contributed by atoms with Crippen molar-refractivity contribution >= 4 is 17.4 Å². The minimum absolute atomic E-state index is 0.431. The van der Waals surface area contributed by atoms with E-state index < -0.39 is 0 Å². The van der Waals surface area contributed by atoms with Crippen LogP contribution in [0.1, 0.15) is 32.3 Å². The Morgan fingerprint density at radius 1 is 1.35 bits per heavy atom. The molecular weight excluding hydrogens is 214 g/mol. The third-order valence-electron chi connectivity index (χ3n) is 2.48. The molecule has 92 valence electrons. The molecule has 0 saturated heterocycles. The highest BCUT2D eigenvalue weighted by Gasteiger charge is 2.04. The van der Waals surface area contributed by atoms with E-state index in [0.29, 0.717) is 19.0 Å². The van der Waals surface area contributed by atoms with Gasteiger partial charge >= 0.3 is 0 Å². The van der Waals surface area contributed by atoms with Crippen molar-refractivity contribution in [2.24, 2.45) is 0 Å². The number of rotatable bonds is 3. The Morgan fingerprint density at radius 2 is 2.06 bits per heavy atom. The average molecular weight is 233 g/mol. The highest BCUT2D eigenvalue weighted by molar-refractivity contribution is 5.83. The summed E-state index contributed by atoms with van der Waals surface area (Å²) in [7, 11) is 0. The van der Waals surface area contributed by atoms with Crippen molar-refractivity contribution in [1.29, 1.82) is 0 Å². The Labute approximate surface area is 102 Å². The van der Waals surface area contributed by atoms with Crippen molar-refractivity contribution in [3.05, 3.63) is 36.0 Å². The molecule has 0 fully saturated rings. The molecule has 17 heavy (non-hydrogen) atoms. The predicted molar refractivity (Wildman–Crippen MR) is 70.1 cm³/mol. The Kier molecular flexibility index (Phi) is 5.27. The van der Waals surface area contributed by atoms with E-state index in [2.05, 4.69) is 54.0 Å². The van der Waals surface area contributed by atoms with E-state index in [4.69, 9.17) is 0 Å². The van der Waals surface area contributed by atoms with Crippen LogP contribution in [0.2, 0.25) is 0 Å². The first-order valence-electron chi connectivity index (χ1n) is 5.82. The quantitative estimate of drug-likeness (QED) is 0.825. The summed E-state index contributed by atoms with van der Waals surface area (Å²) in [6.45, 7) is 7.10. The number of aromatic amines is 1. The Hall–Kier alpha value is -1.77. The first-order valence-corrected chi connectivity index (χ1v) is 5.82. The van der Waals surface area contributed by atoms with E-state index in [1.165, 1.54) is 16.5 Å². The number of hydrogen-bond acceptors (Lipinski definition) is 2. The Balaban J connectivity index is 0.000000249. The van der Waals surface area contributed by atoms with Crippen LogP contribution in [-0.2, 0) is 9.53 Å². The summed E-state index contributed by atoms with van der Waals surface area (Å²) in [5.74, 6) is 0.598. The highest BCUT2D eigenvalue weighted by Crippen LogP contribution is 2.24. The number of nitrogens with one attached hydrogen (secondary N) is 1. The van der Waals surface area contributed by atoms with Crippen molar-refractivity contribution in [2.45, 2.75) is 26.7 Å². The van der Waals surface area contributed by atoms with Crippen molar-refractivity contribution in [3.63, 3.8) is 0 Å². The fraction of sp³-hybridized carbons (Fsp3) is 0.357. The predicted octanol–water partition coefficient (Wildman–Crippen LogP) is 3.47. The number of carbonyl (C=O) groups excluding carboxylic acids is 1. The SMILES string of the molecule is CC(C)c1c[nH]c2ccccc12.CCOC=O. The largest absolute Gasteiger partial charge is 0.468 e. The Bertz CT molecular complexity index is 460. The molecule has 3 nitrogen and oxygen atoms in total. The third-order valence-corrected chi connectivity index (χ3v) is 2.48. The van der Waals surface area contributed by atoms with Crippen molar-refractivity contribution in [2.75, 3.05) is 6.61 Å². The molecule has 0 amide bonds. The van der Waals surface area contributed by atoms with Gasteiger partial charge in [-0.2, -0.15) is 0 Å². The smallest absolute Gasteiger partial charge is 0.293 e. The van der Waals surface area contributed by atoms with Gasteiger partial charge in [-0.1, -0.05) is 32.0 Å². The van der Waals surface area contributed by atoms with Gasteiger partial charge in [-0.05, 0) is 24.5 Å². The molecule has 0 saturated carbocycles. The van der Waals surface area contributed by atoms with Crippen LogP contribution in [0.15, 0.2) is 30.5 Å². The number of H-pyrrole nitrogens is 1. The van der Waals surface area contributed by atoms with Crippen LogP contribution in [0, 0.1) is 0 Å². The van der Waals surface area contributed by atoms with Crippen molar-refractivity contribution < 1.29 is 9.53 Å². The van der Waals surface area contributed by atoms with Gasteiger partial charge in [-0.25, -0.2) is 0 Å². The lowest BCUT2D eigenvalue weighted by molar-refractivity contribution is -0.128. The second-order valence-electron chi connectivity index (χ2n) is 4.00. The topological polar surface area (TPSA) is 42.1 Å². The summed E-state index contributed by atoms with van der Waals surface area (Å²) in [5.41, 5.74) is 2.65. The fourth-order valence-corrected chi connectivity index (χ4v) is 1.64. The van der Waals surface area contributed by atoms with E-state index in [1.54, 1.807) is 6.92 Å². The fourth-order valence-electron chi connectivity index (χ4n) is 1.64. The van der Waals surface area contributed by atoms with Gasteiger partial charge in [0.1, 0.15) is 0 Å². The minimum atomic E-state index is 0.431. The van der Waals surface area contributed by atoms with Crippen LogP contribution in [0.3, 0.4) is 0 Å². The zero-order valence-electron chi connectivity index (χ0n) is 10.6. The van der Waals surface area contributed by atoms with E-state index in [0.717, 1.165) is 0 Å². The van der Waals surface area contributed by atoms with Gasteiger partial charge in [0, 0.05) is 17.1 Å². The molecule has 2 aromatic rings. The molecular formula is C14H19NO2. The molecule has 0 unspecified atom stereocenters. The molecule has 0 aliphatic carbocycles. The summed E-state index contributed by atoms with van der Waals surface area (Å²) in [6.07, 6.45) is 2.11. The summed E-state index contributed by atoms with van der Waals surface area (Å²) >= 11 is 0. The lowest BCUT2D eigenvalue weighted by Crippen LogP contribution is -1.82. The van der Waals surface area contributed by atoms with Gasteiger partial charge in [-0.3, -0.25) is 4.79 Å². The number of benzene rings is 1. The van der Waals surface area contributed by atoms with Crippen molar-refractivity contribution in [1.82, 2.24) is 4.98 Å². The monoisotopic (exact) mass is 233 g/mol. The first-order chi connectivity index (χ1) is 8.20. The molecule has 1 heterocycles. The maximum Gasteiger partial charge on any atom is 0.293 e. The number of ether oxygens (including phenoxy) is 1. The highest BCUT2D eigenvalue weighted by atomic mass is 16.5. The Morgan fingerprint density at radius 3 is 2.59 bits per heavy atom. The summed E-state index contributed by atoms with van der Waals surface area (Å²) in [5, 5.41) is 1.35. The normalized spacial score (nSPS) is 9.88. The number of carbonyl (C=O) groups is 1. The second-order valence-corrected chi connectivity index (χ2v) is 4.00. The average Bonchev–Trinajstić information content (AvgIpc) is 2.74. The van der Waals surface area contributed by atoms with Crippen LogP contribution in [0.5, 0.6) is 0 Å². The van der Waals surface area contributed by atoms with E-state index >= 15 is 0 Å². The van der Waals surface area contributed by atoms with Crippen LogP contribution in [0.25, 0.3) is 10.9 Å². The number of para-hydroxylation sites is 1. The molecule has 1 aromatic heterocycles. The van der Waals surface area contributed by atoms with Crippen LogP contribution < -0.4 is 0 Å². The van der Waals surface area contributed by atoms with E-state index in [9.17, 15) is 4.79 Å². The van der Waals surface area contributed by atoms with Gasteiger partial charge in [-0.15, -0.1) is 0 Å². The zero-order valence-corrected chi connectivity index (χ0v) is 10.6. The van der Waals surface area contributed by atoms with Crippen LogP contribution in [-0.4, -0.2) is 18.1 Å². The number of fused-ring (bicyclic) bond motifs is 1. The third kappa shape index (κ3) is 3.63. The molecule has 0 aliphatic heterocycles.